The second-order valence-corrected chi connectivity index (χ2v) is 6.65. The van der Waals surface area contributed by atoms with Crippen LogP contribution in [0.15, 0.2) is 54.7 Å². The van der Waals surface area contributed by atoms with Gasteiger partial charge in [0.25, 0.3) is 0 Å². The van der Waals surface area contributed by atoms with Crippen molar-refractivity contribution in [3.63, 3.8) is 0 Å². The third-order valence-corrected chi connectivity index (χ3v) is 5.03. The van der Waals surface area contributed by atoms with Crippen LogP contribution >= 0.6 is 11.6 Å². The molecule has 1 saturated carbocycles. The van der Waals surface area contributed by atoms with Crippen molar-refractivity contribution in [2.24, 2.45) is 0 Å². The lowest BCUT2D eigenvalue weighted by molar-refractivity contribution is -0.121. The smallest absolute Gasteiger partial charge is 0.140 e. The van der Waals surface area contributed by atoms with Crippen molar-refractivity contribution in [2.75, 3.05) is 0 Å². The summed E-state index contributed by atoms with van der Waals surface area (Å²) in [6.07, 6.45) is 5.99. The molecule has 1 fully saturated rings. The number of benzene rings is 2. The molecule has 2 nitrogen and oxygen atoms in total. The summed E-state index contributed by atoms with van der Waals surface area (Å²) in [4.78, 5) is 12.4. The second-order valence-electron chi connectivity index (χ2n) is 6.21. The minimum Gasteiger partial charge on any atom is -0.316 e. The predicted octanol–water partition coefficient (Wildman–Crippen LogP) is 5.51. The first-order chi connectivity index (χ1) is 11.2. The van der Waals surface area contributed by atoms with E-state index in [0.717, 1.165) is 35.5 Å². The van der Waals surface area contributed by atoms with Crippen LogP contribution in [0.2, 0.25) is 5.02 Å². The maximum absolute atomic E-state index is 12.4. The van der Waals surface area contributed by atoms with Crippen LogP contribution in [0.4, 0.5) is 0 Å². The van der Waals surface area contributed by atoms with Crippen molar-refractivity contribution in [1.82, 2.24) is 4.57 Å². The standard InChI is InChI=1S/C20H18ClNO/c21-14-9-11-15(12-10-14)22-13-18(16-5-1-3-7-19(16)22)17-6-2-4-8-20(17)23/h1,3,5,7,9-13,17H,2,4,6,8H2. The molecule has 3 heteroatoms. The zero-order valence-corrected chi connectivity index (χ0v) is 13.6. The maximum atomic E-state index is 12.4. The van der Waals surface area contributed by atoms with Gasteiger partial charge in [0.1, 0.15) is 5.78 Å². The quantitative estimate of drug-likeness (QED) is 0.609. The Labute approximate surface area is 140 Å². The van der Waals surface area contributed by atoms with E-state index >= 15 is 0 Å². The topological polar surface area (TPSA) is 22.0 Å². The summed E-state index contributed by atoms with van der Waals surface area (Å²) in [7, 11) is 0. The van der Waals surface area contributed by atoms with Gasteiger partial charge in [-0.15, -0.1) is 0 Å². The van der Waals surface area contributed by atoms with Crippen LogP contribution < -0.4 is 0 Å². The average Bonchev–Trinajstić information content (AvgIpc) is 2.96. The predicted molar refractivity (Wildman–Crippen MR) is 94.5 cm³/mol. The highest BCUT2D eigenvalue weighted by Crippen LogP contribution is 2.36. The van der Waals surface area contributed by atoms with E-state index in [9.17, 15) is 4.79 Å². The fourth-order valence-corrected chi connectivity index (χ4v) is 3.74. The van der Waals surface area contributed by atoms with Crippen LogP contribution in [0.3, 0.4) is 0 Å². The molecule has 1 unspecified atom stereocenters. The van der Waals surface area contributed by atoms with E-state index in [2.05, 4.69) is 22.9 Å². The van der Waals surface area contributed by atoms with Crippen LogP contribution in [0, 0.1) is 0 Å². The molecule has 0 spiro atoms. The third kappa shape index (κ3) is 2.57. The van der Waals surface area contributed by atoms with Crippen molar-refractivity contribution in [3.05, 3.63) is 65.3 Å². The number of carbonyl (C=O) groups excluding carboxylic acids is 1. The number of hydrogen-bond donors (Lipinski definition) is 0. The molecule has 2 aromatic carbocycles. The molecule has 0 bridgehead atoms. The molecule has 1 heterocycles. The maximum Gasteiger partial charge on any atom is 0.140 e. The first kappa shape index (κ1) is 14.5. The molecule has 1 aliphatic carbocycles. The van der Waals surface area contributed by atoms with Gasteiger partial charge in [0.15, 0.2) is 0 Å². The molecule has 0 aliphatic heterocycles. The van der Waals surface area contributed by atoms with Gasteiger partial charge in [-0.25, -0.2) is 0 Å². The number of rotatable bonds is 2. The van der Waals surface area contributed by atoms with Gasteiger partial charge in [-0.2, -0.15) is 0 Å². The number of nitrogens with zero attached hydrogens (tertiary/aromatic N) is 1. The molecule has 0 N–H and O–H groups in total. The molecule has 0 saturated heterocycles. The van der Waals surface area contributed by atoms with E-state index in [1.165, 1.54) is 10.9 Å². The normalized spacial score (nSPS) is 18.5. The first-order valence-electron chi connectivity index (χ1n) is 8.13. The van der Waals surface area contributed by atoms with E-state index in [-0.39, 0.29) is 5.92 Å². The number of halogens is 1. The Balaban J connectivity index is 1.89. The Bertz CT molecular complexity index is 863. The SMILES string of the molecule is O=C1CCCCC1c1cn(-c2ccc(Cl)cc2)c2ccccc12. The molecule has 116 valence electrons. The zero-order chi connectivity index (χ0) is 15.8. The van der Waals surface area contributed by atoms with Crippen molar-refractivity contribution in [2.45, 2.75) is 31.6 Å². The zero-order valence-electron chi connectivity index (χ0n) is 12.8. The summed E-state index contributed by atoms with van der Waals surface area (Å²) >= 11 is 6.01. The number of carbonyl (C=O) groups is 1. The molecule has 1 aromatic heterocycles. The van der Waals surface area contributed by atoms with Gasteiger partial charge in [-0.1, -0.05) is 36.2 Å². The first-order valence-corrected chi connectivity index (χ1v) is 8.50. The van der Waals surface area contributed by atoms with E-state index in [4.69, 9.17) is 11.6 Å². The lowest BCUT2D eigenvalue weighted by Gasteiger charge is -2.19. The monoisotopic (exact) mass is 323 g/mol. The number of aromatic nitrogens is 1. The third-order valence-electron chi connectivity index (χ3n) is 4.78. The van der Waals surface area contributed by atoms with Crippen molar-refractivity contribution < 1.29 is 4.79 Å². The number of ketones is 1. The summed E-state index contributed by atoms with van der Waals surface area (Å²) in [6.45, 7) is 0. The van der Waals surface area contributed by atoms with Crippen LogP contribution in [0.5, 0.6) is 0 Å². The summed E-state index contributed by atoms with van der Waals surface area (Å²) in [5.41, 5.74) is 3.38. The number of Topliss-reactive ketones (excluding diaryl/α,β-unsaturated/α-hetero) is 1. The molecular weight excluding hydrogens is 306 g/mol. The fourth-order valence-electron chi connectivity index (χ4n) is 3.61. The molecule has 23 heavy (non-hydrogen) atoms. The van der Waals surface area contributed by atoms with Gasteiger partial charge in [-0.3, -0.25) is 4.79 Å². The molecular formula is C20H18ClNO. The van der Waals surface area contributed by atoms with Gasteiger partial charge in [0, 0.05) is 34.6 Å². The highest BCUT2D eigenvalue weighted by atomic mass is 35.5. The second kappa shape index (κ2) is 5.86. The molecule has 3 aromatic rings. The van der Waals surface area contributed by atoms with Gasteiger partial charge in [-0.05, 0) is 48.7 Å². The van der Waals surface area contributed by atoms with Crippen LogP contribution in [-0.2, 0) is 4.79 Å². The van der Waals surface area contributed by atoms with Gasteiger partial charge >= 0.3 is 0 Å². The summed E-state index contributed by atoms with van der Waals surface area (Å²) in [6, 6.07) is 16.2. The average molecular weight is 324 g/mol. The van der Waals surface area contributed by atoms with E-state index in [1.54, 1.807) is 0 Å². The Kier molecular flexibility index (Phi) is 3.70. The highest BCUT2D eigenvalue weighted by molar-refractivity contribution is 6.30. The highest BCUT2D eigenvalue weighted by Gasteiger charge is 2.27. The van der Waals surface area contributed by atoms with Crippen LogP contribution in [0.1, 0.15) is 37.2 Å². The number of hydrogen-bond acceptors (Lipinski definition) is 1. The van der Waals surface area contributed by atoms with E-state index in [1.807, 2.05) is 36.4 Å². The van der Waals surface area contributed by atoms with Crippen LogP contribution in [-0.4, -0.2) is 10.4 Å². The van der Waals surface area contributed by atoms with Crippen molar-refractivity contribution >= 4 is 28.3 Å². The number of para-hydroxylation sites is 1. The lowest BCUT2D eigenvalue weighted by atomic mass is 9.83. The van der Waals surface area contributed by atoms with E-state index in [0.29, 0.717) is 12.2 Å². The summed E-state index contributed by atoms with van der Waals surface area (Å²) in [5.74, 6) is 0.428. The number of fused-ring (bicyclic) bond motifs is 1. The Hall–Kier alpha value is -2.06. The van der Waals surface area contributed by atoms with Crippen molar-refractivity contribution in [3.8, 4) is 5.69 Å². The van der Waals surface area contributed by atoms with E-state index < -0.39 is 0 Å². The molecule has 0 radical (unpaired) electrons. The minimum atomic E-state index is 0.0437. The Morgan fingerprint density at radius 1 is 1.00 bits per heavy atom. The van der Waals surface area contributed by atoms with Gasteiger partial charge in [0.2, 0.25) is 0 Å². The Morgan fingerprint density at radius 3 is 2.57 bits per heavy atom. The molecule has 4 rings (SSSR count). The molecule has 0 amide bonds. The fraction of sp³-hybridized carbons (Fsp3) is 0.250. The largest absolute Gasteiger partial charge is 0.316 e. The van der Waals surface area contributed by atoms with Gasteiger partial charge in [0.05, 0.1) is 5.52 Å². The summed E-state index contributed by atoms with van der Waals surface area (Å²) in [5, 5.41) is 1.91. The molecule has 1 atom stereocenters. The minimum absolute atomic E-state index is 0.0437. The summed E-state index contributed by atoms with van der Waals surface area (Å²) < 4.78 is 2.17. The lowest BCUT2D eigenvalue weighted by Crippen LogP contribution is -2.16. The van der Waals surface area contributed by atoms with Crippen molar-refractivity contribution in [1.29, 1.82) is 0 Å². The molecule has 1 aliphatic rings. The van der Waals surface area contributed by atoms with Crippen LogP contribution in [0.25, 0.3) is 16.6 Å². The van der Waals surface area contributed by atoms with Gasteiger partial charge < -0.3 is 4.57 Å². The Morgan fingerprint density at radius 2 is 1.78 bits per heavy atom.